The molecule has 3 atom stereocenters. The highest BCUT2D eigenvalue weighted by Gasteiger charge is 2.33. The van der Waals surface area contributed by atoms with E-state index in [1.54, 1.807) is 0 Å². The first-order valence-corrected chi connectivity index (χ1v) is 13.2. The fourth-order valence-electron chi connectivity index (χ4n) is 3.68. The van der Waals surface area contributed by atoms with Crippen LogP contribution in [0.5, 0.6) is 0 Å². The Kier molecular flexibility index (Phi) is 14.2. The second kappa shape index (κ2) is 15.9. The van der Waals surface area contributed by atoms with Crippen molar-refractivity contribution in [3.8, 4) is 0 Å². The Balaban J connectivity index is 2.22. The fraction of sp³-hybridized carbons (Fsp3) is 0.724. The molecule has 0 aromatic heterocycles. The van der Waals surface area contributed by atoms with Gasteiger partial charge < -0.3 is 0 Å². The van der Waals surface area contributed by atoms with Gasteiger partial charge >= 0.3 is 11.9 Å². The molecule has 0 bridgehead atoms. The largest absolute Gasteiger partial charge is 0.346 e. The molecule has 0 fully saturated rings. The number of rotatable bonds is 14. The number of carbonyl (C=O) groups excluding carboxylic acids is 2. The van der Waals surface area contributed by atoms with Gasteiger partial charge in [-0.1, -0.05) is 62.6 Å². The van der Waals surface area contributed by atoms with E-state index < -0.39 is 11.2 Å². The molecule has 0 aromatic rings. The first-order chi connectivity index (χ1) is 16.4. The smallest absolute Gasteiger partial charge is 0.298 e. The summed E-state index contributed by atoms with van der Waals surface area (Å²) in [7, 11) is 0. The minimum absolute atomic E-state index is 0.182. The first kappa shape index (κ1) is 31.1. The van der Waals surface area contributed by atoms with E-state index in [0.717, 1.165) is 51.4 Å². The van der Waals surface area contributed by atoms with Gasteiger partial charge in [-0.2, -0.15) is 9.78 Å². The molecule has 0 N–H and O–H groups in total. The maximum absolute atomic E-state index is 12.6. The average Bonchev–Trinajstić information content (AvgIpc) is 2.78. The molecule has 6 heteroatoms. The van der Waals surface area contributed by atoms with Gasteiger partial charge in [-0.25, -0.2) is 9.59 Å². The van der Waals surface area contributed by atoms with Gasteiger partial charge in [0, 0.05) is 6.42 Å². The zero-order valence-corrected chi connectivity index (χ0v) is 23.0. The Morgan fingerprint density at radius 3 is 2.14 bits per heavy atom. The molecule has 0 heterocycles. The highest BCUT2D eigenvalue weighted by atomic mass is 17.2. The molecule has 0 aromatic carbocycles. The molecule has 0 aliphatic heterocycles. The summed E-state index contributed by atoms with van der Waals surface area (Å²) in [6, 6.07) is 0. The monoisotopic (exact) mass is 492 g/mol. The molecule has 0 radical (unpaired) electrons. The number of unbranched alkanes of at least 4 members (excludes halogenated alkanes) is 5. The third-order valence-corrected chi connectivity index (χ3v) is 5.54. The minimum Gasteiger partial charge on any atom is -0.298 e. The van der Waals surface area contributed by atoms with Crippen molar-refractivity contribution in [2.45, 2.75) is 117 Å². The van der Waals surface area contributed by atoms with Crippen LogP contribution >= 0.6 is 0 Å². The van der Waals surface area contributed by atoms with Crippen LogP contribution in [0, 0.1) is 17.8 Å². The van der Waals surface area contributed by atoms with Crippen molar-refractivity contribution in [2.75, 3.05) is 0 Å². The van der Waals surface area contributed by atoms with Crippen molar-refractivity contribution in [3.63, 3.8) is 0 Å². The zero-order valence-electron chi connectivity index (χ0n) is 23.0. The lowest BCUT2D eigenvalue weighted by Gasteiger charge is -2.29. The van der Waals surface area contributed by atoms with Crippen LogP contribution in [-0.4, -0.2) is 23.1 Å². The van der Waals surface area contributed by atoms with Crippen LogP contribution in [0.2, 0.25) is 0 Å². The third kappa shape index (κ3) is 15.6. The van der Waals surface area contributed by atoms with E-state index in [4.69, 9.17) is 19.6 Å². The van der Waals surface area contributed by atoms with Crippen molar-refractivity contribution in [1.29, 1.82) is 0 Å². The van der Waals surface area contributed by atoms with Crippen LogP contribution in [0.4, 0.5) is 0 Å². The van der Waals surface area contributed by atoms with Crippen molar-refractivity contribution in [1.82, 2.24) is 0 Å². The summed E-state index contributed by atoms with van der Waals surface area (Å²) in [5, 5.41) is 0. The molecule has 3 unspecified atom stereocenters. The molecule has 1 aliphatic carbocycles. The average molecular weight is 493 g/mol. The second-order valence-corrected chi connectivity index (χ2v) is 11.3. The lowest BCUT2D eigenvalue weighted by molar-refractivity contribution is -0.324. The van der Waals surface area contributed by atoms with Crippen molar-refractivity contribution < 1.29 is 29.1 Å². The van der Waals surface area contributed by atoms with E-state index in [1.165, 1.54) is 0 Å². The fourth-order valence-corrected chi connectivity index (χ4v) is 3.68. The standard InChI is InChI=1S/C29H48O6/c1-8-24-21-20-23(22-25(24)27(31)33-35-29(5,6)7)18-16-14-12-10-9-11-13-15-17-19-26(30)32-34-28(2,3)4/h12,14,16,18,20-21,23-25H,8-11,13,15,17,19,22H2,1-7H3. The van der Waals surface area contributed by atoms with Gasteiger partial charge in [0.05, 0.1) is 5.92 Å². The SMILES string of the molecule is CCC1C=CC(C=CC=CCCCCCCCC(=O)OOC(C)(C)C)CC1C(=O)OOC(C)(C)C. The number of allylic oxidation sites excluding steroid dienone is 6. The maximum Gasteiger partial charge on any atom is 0.346 e. The quantitative estimate of drug-likeness (QED) is 0.0817. The Hall–Kier alpha value is -1.92. The van der Waals surface area contributed by atoms with Gasteiger partial charge in [-0.15, -0.1) is 0 Å². The lowest BCUT2D eigenvalue weighted by Crippen LogP contribution is -2.31. The molecule has 35 heavy (non-hydrogen) atoms. The maximum atomic E-state index is 12.6. The van der Waals surface area contributed by atoms with Gasteiger partial charge in [0.25, 0.3) is 0 Å². The zero-order chi connectivity index (χ0) is 26.3. The topological polar surface area (TPSA) is 71.1 Å². The van der Waals surface area contributed by atoms with Gasteiger partial charge in [0.15, 0.2) is 0 Å². The van der Waals surface area contributed by atoms with Crippen molar-refractivity contribution in [3.05, 3.63) is 36.5 Å². The number of carbonyl (C=O) groups is 2. The molecule has 0 amide bonds. The van der Waals surface area contributed by atoms with Crippen LogP contribution < -0.4 is 0 Å². The van der Waals surface area contributed by atoms with Crippen LogP contribution in [0.1, 0.15) is 106 Å². The van der Waals surface area contributed by atoms with E-state index in [9.17, 15) is 9.59 Å². The number of hydrogen-bond acceptors (Lipinski definition) is 6. The van der Waals surface area contributed by atoms with Crippen LogP contribution in [0.25, 0.3) is 0 Å². The normalized spacial score (nSPS) is 21.1. The molecule has 0 saturated carbocycles. The van der Waals surface area contributed by atoms with E-state index in [-0.39, 0.29) is 29.7 Å². The summed E-state index contributed by atoms with van der Waals surface area (Å²) in [6.07, 6.45) is 21.1. The Morgan fingerprint density at radius 2 is 1.49 bits per heavy atom. The van der Waals surface area contributed by atoms with Gasteiger partial charge in [0.2, 0.25) is 0 Å². The van der Waals surface area contributed by atoms with E-state index in [2.05, 4.69) is 43.4 Å². The van der Waals surface area contributed by atoms with E-state index in [1.807, 2.05) is 41.5 Å². The molecular weight excluding hydrogens is 444 g/mol. The minimum atomic E-state index is -0.513. The van der Waals surface area contributed by atoms with Crippen molar-refractivity contribution in [2.24, 2.45) is 17.8 Å². The van der Waals surface area contributed by atoms with Crippen LogP contribution in [0.15, 0.2) is 36.5 Å². The third-order valence-electron chi connectivity index (χ3n) is 5.54. The lowest BCUT2D eigenvalue weighted by atomic mass is 9.77. The second-order valence-electron chi connectivity index (χ2n) is 11.3. The molecule has 6 nitrogen and oxygen atoms in total. The van der Waals surface area contributed by atoms with Crippen LogP contribution in [0.3, 0.4) is 0 Å². The van der Waals surface area contributed by atoms with E-state index in [0.29, 0.717) is 6.42 Å². The first-order valence-electron chi connectivity index (χ1n) is 13.2. The summed E-state index contributed by atoms with van der Waals surface area (Å²) in [4.78, 5) is 44.3. The molecule has 200 valence electrons. The summed E-state index contributed by atoms with van der Waals surface area (Å²) in [5.74, 6) is -0.350. The van der Waals surface area contributed by atoms with E-state index >= 15 is 0 Å². The summed E-state index contributed by atoms with van der Waals surface area (Å²) < 4.78 is 0. The predicted molar refractivity (Wildman–Crippen MR) is 139 cm³/mol. The Labute approximate surface area is 213 Å². The molecular formula is C29H48O6. The summed E-state index contributed by atoms with van der Waals surface area (Å²) in [6.45, 7) is 13.2. The Morgan fingerprint density at radius 1 is 0.857 bits per heavy atom. The van der Waals surface area contributed by atoms with Gasteiger partial charge in [-0.3, -0.25) is 9.78 Å². The molecule has 0 saturated heterocycles. The van der Waals surface area contributed by atoms with Gasteiger partial charge in [0.1, 0.15) is 11.2 Å². The highest BCUT2D eigenvalue weighted by Crippen LogP contribution is 2.32. The molecule has 1 rings (SSSR count). The summed E-state index contributed by atoms with van der Waals surface area (Å²) in [5.41, 5.74) is -0.983. The molecule has 0 spiro atoms. The van der Waals surface area contributed by atoms with Gasteiger partial charge in [-0.05, 0) is 85.5 Å². The predicted octanol–water partition coefficient (Wildman–Crippen LogP) is 7.59. The van der Waals surface area contributed by atoms with Crippen molar-refractivity contribution >= 4 is 11.9 Å². The summed E-state index contributed by atoms with van der Waals surface area (Å²) >= 11 is 0. The number of hydrogen-bond donors (Lipinski definition) is 0. The highest BCUT2D eigenvalue weighted by molar-refractivity contribution is 5.73. The Bertz CT molecular complexity index is 708. The van der Waals surface area contributed by atoms with Crippen LogP contribution in [-0.2, 0) is 29.1 Å². The molecule has 1 aliphatic rings.